The second-order valence-corrected chi connectivity index (χ2v) is 0. The molecule has 0 radical (unpaired) electrons. The Bertz CT molecular complexity index is 8.00. The van der Waals surface area contributed by atoms with Crippen LogP contribution in [-0.4, -0.2) is 52.7 Å². The molecule has 0 saturated heterocycles. The van der Waals surface area contributed by atoms with Gasteiger partial charge in [-0.1, -0.05) is 0 Å². The molecule has 0 heterocycles. The van der Waals surface area contributed by atoms with Gasteiger partial charge in [-0.15, -0.1) is 0 Å². The van der Waals surface area contributed by atoms with Crippen LogP contribution in [0.25, 0.3) is 0 Å². The van der Waals surface area contributed by atoms with Gasteiger partial charge >= 0.3 is 56.5 Å². The Labute approximate surface area is 56.3 Å². The molecule has 1 nitrogen and oxygen atoms in total. The Morgan fingerprint density at radius 3 is 1.25 bits per heavy atom. The first-order chi connectivity index (χ1) is 1.00. The molecule has 0 atom stereocenters. The summed E-state index contributed by atoms with van der Waals surface area (Å²) in [6.07, 6.45) is 0. The van der Waals surface area contributed by atoms with Crippen molar-refractivity contribution in [3.63, 3.8) is 0 Å². The van der Waals surface area contributed by atoms with Gasteiger partial charge in [0.05, 0.1) is 0 Å². The van der Waals surface area contributed by atoms with E-state index < -0.39 is 0 Å². The molecule has 0 aromatic rings. The van der Waals surface area contributed by atoms with E-state index in [-0.39, 0.29) is 36.5 Å². The minimum atomic E-state index is 0. The Morgan fingerprint density at radius 1 is 1.25 bits per heavy atom. The molecular weight excluding hydrogens is 123 g/mol. The van der Waals surface area contributed by atoms with Crippen LogP contribution in [0.15, 0.2) is 0 Å². The van der Waals surface area contributed by atoms with Crippen molar-refractivity contribution in [3.8, 4) is 0 Å². The molecule has 0 spiro atoms. The summed E-state index contributed by atoms with van der Waals surface area (Å²) >= 11 is 0.611. The summed E-state index contributed by atoms with van der Waals surface area (Å²) in [6.45, 7) is 0. The summed E-state index contributed by atoms with van der Waals surface area (Å²) in [5.74, 6) is 0. The van der Waals surface area contributed by atoms with E-state index in [1.54, 1.807) is 0 Å². The van der Waals surface area contributed by atoms with Crippen LogP contribution in [0, 0.1) is 0 Å². The molecule has 0 N–H and O–H groups in total. The van der Waals surface area contributed by atoms with Gasteiger partial charge in [0.2, 0.25) is 0 Å². The quantitative estimate of drug-likeness (QED) is 0.321. The van der Waals surface area contributed by atoms with Crippen LogP contribution in [0.1, 0.15) is 0 Å². The van der Waals surface area contributed by atoms with Gasteiger partial charge < -0.3 is 0 Å². The van der Waals surface area contributed by atoms with Crippen LogP contribution < -0.4 is 0 Å². The van der Waals surface area contributed by atoms with Crippen LogP contribution in [0.3, 0.4) is 0 Å². The average Bonchev–Trinajstić information content (AvgIpc) is 1.00. The van der Waals surface area contributed by atoms with E-state index in [4.69, 9.17) is 3.80 Å². The summed E-state index contributed by atoms with van der Waals surface area (Å²) in [6, 6.07) is 0. The average molecular weight is 129 g/mol. The molecule has 0 aromatic heterocycles. The zero-order chi connectivity index (χ0) is 2.00. The zero-order valence-corrected chi connectivity index (χ0v) is 2.53. The zero-order valence-electron chi connectivity index (χ0n) is 1.12. The fourth-order valence-electron chi connectivity index (χ4n) is 0. The second kappa shape index (κ2) is 24.9. The van der Waals surface area contributed by atoms with Crippen LogP contribution in [-0.2, 0) is 3.80 Å². The molecule has 0 aliphatic carbocycles. The Morgan fingerprint density at radius 2 is 1.25 bits per heavy atom. The standard InChI is InChI=1S/Al.GeH4.Li.O.2H/h;1H4;;;;. The van der Waals surface area contributed by atoms with Crippen molar-refractivity contribution in [2.75, 3.05) is 0 Å². The monoisotopic (exact) mass is 130 g/mol. The molecule has 4 heteroatoms. The molecule has 0 aromatic carbocycles. The first kappa shape index (κ1) is 17.9. The van der Waals surface area contributed by atoms with Crippen molar-refractivity contribution in [2.45, 2.75) is 0 Å². The van der Waals surface area contributed by atoms with Crippen molar-refractivity contribution in [1.82, 2.24) is 0 Å². The molecular formula is H6AlGeLiO. The van der Waals surface area contributed by atoms with Crippen molar-refractivity contribution >= 4 is 52.7 Å². The summed E-state index contributed by atoms with van der Waals surface area (Å²) in [5, 5.41) is 0. The van der Waals surface area contributed by atoms with E-state index in [2.05, 4.69) is 0 Å². The molecule has 0 amide bonds. The summed E-state index contributed by atoms with van der Waals surface area (Å²) in [7, 11) is 0. The fourth-order valence-corrected chi connectivity index (χ4v) is 0. The van der Waals surface area contributed by atoms with Crippen LogP contribution in [0.4, 0.5) is 0 Å². The SMILES string of the molecule is [GeH4].[LiH].[O]=[AlH]. The first-order valence-corrected chi connectivity index (χ1v) is 0.866. The van der Waals surface area contributed by atoms with Crippen LogP contribution >= 0.6 is 0 Å². The molecule has 0 aliphatic rings. The van der Waals surface area contributed by atoms with E-state index in [9.17, 15) is 0 Å². The fraction of sp³-hybridized carbons (Fsp3) is 0. The Balaban J connectivity index is -0.00000000500. The number of hydrogen-bond acceptors (Lipinski definition) is 1. The summed E-state index contributed by atoms with van der Waals surface area (Å²) in [4.78, 5) is 0. The van der Waals surface area contributed by atoms with E-state index in [0.717, 1.165) is 0 Å². The molecule has 0 rings (SSSR count). The topological polar surface area (TPSA) is 17.1 Å². The van der Waals surface area contributed by atoms with Crippen molar-refractivity contribution in [2.24, 2.45) is 0 Å². The van der Waals surface area contributed by atoms with E-state index in [1.807, 2.05) is 0 Å². The maximum atomic E-state index is 8.28. The summed E-state index contributed by atoms with van der Waals surface area (Å²) in [5.41, 5.74) is 0. The molecule has 4 heavy (non-hydrogen) atoms. The van der Waals surface area contributed by atoms with Gasteiger partial charge in [0.1, 0.15) is 0 Å². The number of hydrogen-bond donors (Lipinski definition) is 0. The van der Waals surface area contributed by atoms with Crippen molar-refractivity contribution in [3.05, 3.63) is 0 Å². The van der Waals surface area contributed by atoms with Crippen LogP contribution in [0.5, 0.6) is 0 Å². The number of rotatable bonds is 0. The minimum absolute atomic E-state index is 0. The van der Waals surface area contributed by atoms with E-state index >= 15 is 0 Å². The third kappa shape index (κ3) is 9.79. The van der Waals surface area contributed by atoms with E-state index in [0.29, 0.717) is 16.2 Å². The van der Waals surface area contributed by atoms with Crippen LogP contribution in [0.2, 0.25) is 0 Å². The predicted molar refractivity (Wildman–Crippen MR) is 26.3 cm³/mol. The Hall–Kier alpha value is 1.47. The van der Waals surface area contributed by atoms with Gasteiger partial charge in [0, 0.05) is 0 Å². The molecule has 0 fully saturated rings. The molecule has 0 unspecified atom stereocenters. The van der Waals surface area contributed by atoms with E-state index in [1.165, 1.54) is 0 Å². The molecule has 20 valence electrons. The van der Waals surface area contributed by atoms with Gasteiger partial charge in [0.15, 0.2) is 0 Å². The molecule has 0 bridgehead atoms. The Kier molecular flexibility index (Phi) is 111. The van der Waals surface area contributed by atoms with Gasteiger partial charge in [-0.3, -0.25) is 0 Å². The maximum absolute atomic E-state index is 8.28. The second-order valence-electron chi connectivity index (χ2n) is 0. The third-order valence-electron chi connectivity index (χ3n) is 0. The summed E-state index contributed by atoms with van der Waals surface area (Å²) < 4.78 is 8.28. The van der Waals surface area contributed by atoms with Gasteiger partial charge in [-0.05, 0) is 0 Å². The normalized spacial score (nSPS) is 0.750. The van der Waals surface area contributed by atoms with Gasteiger partial charge in [-0.25, -0.2) is 0 Å². The predicted octanol–water partition coefficient (Wildman–Crippen LogP) is -2.87. The van der Waals surface area contributed by atoms with Gasteiger partial charge in [0.25, 0.3) is 0 Å². The first-order valence-electron chi connectivity index (χ1n) is 0.289. The van der Waals surface area contributed by atoms with Crippen molar-refractivity contribution < 1.29 is 3.80 Å². The van der Waals surface area contributed by atoms with Crippen molar-refractivity contribution in [1.29, 1.82) is 0 Å². The van der Waals surface area contributed by atoms with Gasteiger partial charge in [-0.2, -0.15) is 0 Å². The molecule has 0 saturated carbocycles. The molecule has 0 aliphatic heterocycles. The third-order valence-corrected chi connectivity index (χ3v) is 0.